The predicted molar refractivity (Wildman–Crippen MR) is 274 cm³/mol. The van der Waals surface area contributed by atoms with E-state index in [4.69, 9.17) is 20.9 Å². The van der Waals surface area contributed by atoms with E-state index in [0.717, 1.165) is 46.2 Å². The van der Waals surface area contributed by atoms with Crippen molar-refractivity contribution in [2.45, 2.75) is 129 Å². The molecule has 0 bridgehead atoms. The quantitative estimate of drug-likeness (QED) is 0.0256. The van der Waals surface area contributed by atoms with E-state index in [1.165, 1.54) is 11.1 Å². The molecule has 0 fully saturated rings. The Labute approximate surface area is 405 Å². The Balaban J connectivity index is 1.44. The third kappa shape index (κ3) is 17.8. The average Bonchev–Trinajstić information content (AvgIpc) is 3.31. The van der Waals surface area contributed by atoms with Crippen molar-refractivity contribution in [1.82, 2.24) is 21.3 Å². The highest BCUT2D eigenvalue weighted by atomic mass is 16.5. The predicted octanol–water partition coefficient (Wildman–Crippen LogP) is 8.02. The third-order valence-corrected chi connectivity index (χ3v) is 11.6. The van der Waals surface area contributed by atoms with E-state index in [-0.39, 0.29) is 35.9 Å². The Bertz CT molecular complexity index is 2280. The Kier molecular flexibility index (Phi) is 21.5. The fourth-order valence-electron chi connectivity index (χ4n) is 7.58. The van der Waals surface area contributed by atoms with E-state index < -0.39 is 23.9 Å². The number of carbonyl (C=O) groups excluding carboxylic acids is 4. The highest BCUT2D eigenvalue weighted by molar-refractivity contribution is 5.89. The Hall–Kier alpha value is -6.24. The van der Waals surface area contributed by atoms with E-state index in [0.29, 0.717) is 76.2 Å². The normalized spacial score (nSPS) is 12.3. The number of allylic oxidation sites excluding steroid dienone is 2. The number of nitrogens with one attached hydrogen (secondary N) is 4. The van der Waals surface area contributed by atoms with Crippen LogP contribution < -0.4 is 42.2 Å². The van der Waals surface area contributed by atoms with Gasteiger partial charge in [0.2, 0.25) is 11.8 Å². The Morgan fingerprint density at radius 3 is 1.46 bits per heavy atom. The standard InChI is InChI=1S/C56H76N6O6/c1-9-15-39-23-29-50(68-38-52(64)62-48(18-12-14-32-58)54(66)60-36-41-21-27-45(28-22-41)56(6,7)8)46(33-39)42-24-30-49(43(34-42)16-10-2)67-37-51(63)61-47(17-11-13-31-57)53(65)59-35-40-19-25-44(26-20-40)55(3,4)5/h9-10,19-30,33-34,47-48H,1-2,11-18,31-32,35-38,57-58H2,3-8H3,(H,59,65)(H,60,66)(H,61,63)(H,62,64). The third-order valence-electron chi connectivity index (χ3n) is 11.6. The number of unbranched alkanes of at least 4 members (excludes halogenated alkanes) is 2. The van der Waals surface area contributed by atoms with E-state index in [2.05, 4.69) is 100 Å². The number of ether oxygens (including phenoxy) is 2. The molecule has 8 N–H and O–H groups in total. The van der Waals surface area contributed by atoms with Gasteiger partial charge in [0.25, 0.3) is 11.8 Å². The van der Waals surface area contributed by atoms with Gasteiger partial charge < -0.3 is 42.2 Å². The summed E-state index contributed by atoms with van der Waals surface area (Å²) in [6.07, 6.45) is 8.26. The van der Waals surface area contributed by atoms with Crippen molar-refractivity contribution >= 4 is 23.6 Å². The van der Waals surface area contributed by atoms with E-state index in [1.54, 1.807) is 12.1 Å². The van der Waals surface area contributed by atoms with Gasteiger partial charge in [-0.05, 0) is 138 Å². The SMILES string of the molecule is C=CCc1ccc(OCC(=O)NC(CCCCN)C(=O)NCc2ccc(C(C)(C)C)cc2)c(-c2ccc(OCC(=O)NC(CCCCN)C(=O)NCc3ccc(C(C)(C)C)cc3)c(CC=C)c2)c1. The molecule has 0 saturated heterocycles. The number of carbonyl (C=O) groups is 4. The van der Waals surface area contributed by atoms with Gasteiger partial charge in [-0.25, -0.2) is 0 Å². The fourth-order valence-corrected chi connectivity index (χ4v) is 7.58. The molecule has 366 valence electrons. The minimum absolute atomic E-state index is 0.0196. The maximum absolute atomic E-state index is 13.5. The number of benzene rings is 4. The van der Waals surface area contributed by atoms with Crippen LogP contribution in [0.3, 0.4) is 0 Å². The summed E-state index contributed by atoms with van der Waals surface area (Å²) < 4.78 is 12.3. The van der Waals surface area contributed by atoms with E-state index >= 15 is 0 Å². The van der Waals surface area contributed by atoms with Crippen LogP contribution in [0.4, 0.5) is 0 Å². The first kappa shape index (κ1) is 54.4. The fraction of sp³-hybridized carbons (Fsp3) is 0.429. The van der Waals surface area contributed by atoms with Crippen molar-refractivity contribution in [2.24, 2.45) is 11.5 Å². The second kappa shape index (κ2) is 26.9. The largest absolute Gasteiger partial charge is 0.483 e. The smallest absolute Gasteiger partial charge is 0.258 e. The molecule has 4 aromatic rings. The van der Waals surface area contributed by atoms with Crippen molar-refractivity contribution in [1.29, 1.82) is 0 Å². The van der Waals surface area contributed by atoms with Crippen LogP contribution >= 0.6 is 0 Å². The van der Waals surface area contributed by atoms with Gasteiger partial charge in [-0.2, -0.15) is 0 Å². The highest BCUT2D eigenvalue weighted by Crippen LogP contribution is 2.35. The number of hydrogen-bond acceptors (Lipinski definition) is 8. The second-order valence-corrected chi connectivity index (χ2v) is 19.4. The zero-order valence-electron chi connectivity index (χ0n) is 41.3. The zero-order chi connectivity index (χ0) is 49.7. The lowest BCUT2D eigenvalue weighted by Crippen LogP contribution is -2.48. The first-order valence-electron chi connectivity index (χ1n) is 23.9. The Morgan fingerprint density at radius 1 is 0.574 bits per heavy atom. The highest BCUT2D eigenvalue weighted by Gasteiger charge is 2.24. The monoisotopic (exact) mass is 929 g/mol. The molecule has 4 amide bonds. The summed E-state index contributed by atoms with van der Waals surface area (Å²) in [5, 5.41) is 11.7. The van der Waals surface area contributed by atoms with Gasteiger partial charge in [-0.3, -0.25) is 19.2 Å². The molecular formula is C56H76N6O6. The lowest BCUT2D eigenvalue weighted by molar-refractivity contribution is -0.130. The average molecular weight is 929 g/mol. The van der Waals surface area contributed by atoms with Crippen molar-refractivity contribution in [2.75, 3.05) is 26.3 Å². The second-order valence-electron chi connectivity index (χ2n) is 19.4. The molecule has 0 aliphatic rings. The summed E-state index contributed by atoms with van der Waals surface area (Å²) in [6, 6.07) is 26.1. The summed E-state index contributed by atoms with van der Waals surface area (Å²) in [5.74, 6) is -0.473. The minimum Gasteiger partial charge on any atom is -0.483 e. The van der Waals surface area contributed by atoms with Crippen molar-refractivity contribution in [3.05, 3.63) is 144 Å². The molecule has 2 atom stereocenters. The van der Waals surface area contributed by atoms with Crippen molar-refractivity contribution in [3.63, 3.8) is 0 Å². The van der Waals surface area contributed by atoms with Gasteiger partial charge in [0, 0.05) is 18.7 Å². The Morgan fingerprint density at radius 2 is 1.01 bits per heavy atom. The number of nitrogens with two attached hydrogens (primary N) is 2. The maximum Gasteiger partial charge on any atom is 0.258 e. The van der Waals surface area contributed by atoms with Crippen molar-refractivity contribution in [3.8, 4) is 22.6 Å². The van der Waals surface area contributed by atoms with Crippen LogP contribution in [0.5, 0.6) is 11.5 Å². The lowest BCUT2D eigenvalue weighted by Gasteiger charge is -2.21. The molecule has 0 radical (unpaired) electrons. The van der Waals surface area contributed by atoms with Crippen LogP contribution in [0.15, 0.2) is 110 Å². The molecule has 12 heteroatoms. The first-order valence-corrected chi connectivity index (χ1v) is 23.9. The summed E-state index contributed by atoms with van der Waals surface area (Å²) in [7, 11) is 0. The summed E-state index contributed by atoms with van der Waals surface area (Å²) >= 11 is 0. The molecule has 0 aliphatic carbocycles. The van der Waals surface area contributed by atoms with Crippen LogP contribution in [0, 0.1) is 0 Å². The van der Waals surface area contributed by atoms with Crippen LogP contribution in [0.2, 0.25) is 0 Å². The molecule has 0 spiro atoms. The van der Waals surface area contributed by atoms with Crippen LogP contribution in [-0.4, -0.2) is 62.0 Å². The van der Waals surface area contributed by atoms with Gasteiger partial charge in [0.15, 0.2) is 13.2 Å². The minimum atomic E-state index is -0.766. The van der Waals surface area contributed by atoms with E-state index in [1.807, 2.05) is 60.7 Å². The molecule has 0 aromatic heterocycles. The molecule has 12 nitrogen and oxygen atoms in total. The van der Waals surface area contributed by atoms with Crippen LogP contribution in [0.1, 0.15) is 113 Å². The molecule has 4 aromatic carbocycles. The van der Waals surface area contributed by atoms with Crippen LogP contribution in [0.25, 0.3) is 11.1 Å². The molecule has 4 rings (SSSR count). The number of rotatable bonds is 27. The van der Waals surface area contributed by atoms with Gasteiger partial charge in [0.05, 0.1) is 0 Å². The summed E-state index contributed by atoms with van der Waals surface area (Å²) in [6.45, 7) is 21.8. The van der Waals surface area contributed by atoms with Gasteiger partial charge in [-0.1, -0.05) is 114 Å². The molecule has 2 unspecified atom stereocenters. The molecule has 0 heterocycles. The molecular weight excluding hydrogens is 853 g/mol. The number of amides is 4. The van der Waals surface area contributed by atoms with Gasteiger partial charge in [-0.15, -0.1) is 13.2 Å². The summed E-state index contributed by atoms with van der Waals surface area (Å²) in [5.41, 5.74) is 19.2. The molecule has 0 saturated carbocycles. The molecule has 0 aliphatic heterocycles. The van der Waals surface area contributed by atoms with Crippen LogP contribution in [-0.2, 0) is 55.9 Å². The zero-order valence-corrected chi connectivity index (χ0v) is 41.3. The van der Waals surface area contributed by atoms with E-state index in [9.17, 15) is 19.2 Å². The van der Waals surface area contributed by atoms with Crippen molar-refractivity contribution < 1.29 is 28.7 Å². The molecule has 68 heavy (non-hydrogen) atoms. The number of hydrogen-bond donors (Lipinski definition) is 6. The lowest BCUT2D eigenvalue weighted by atomic mass is 9.87. The summed E-state index contributed by atoms with van der Waals surface area (Å²) in [4.78, 5) is 53.6. The van der Waals surface area contributed by atoms with Gasteiger partial charge in [0.1, 0.15) is 23.6 Å². The topological polar surface area (TPSA) is 187 Å². The maximum atomic E-state index is 13.5. The first-order chi connectivity index (χ1) is 32.4. The van der Waals surface area contributed by atoms with Gasteiger partial charge >= 0.3 is 0 Å².